The van der Waals surface area contributed by atoms with E-state index in [1.54, 1.807) is 18.1 Å². The van der Waals surface area contributed by atoms with Crippen molar-refractivity contribution in [1.82, 2.24) is 15.2 Å². The van der Waals surface area contributed by atoms with E-state index >= 15 is 0 Å². The lowest BCUT2D eigenvalue weighted by atomic mass is 9.87. The van der Waals surface area contributed by atoms with E-state index < -0.39 is 5.60 Å². The zero-order chi connectivity index (χ0) is 22.4. The summed E-state index contributed by atoms with van der Waals surface area (Å²) in [4.78, 5) is 32.1. The number of amides is 2. The zero-order valence-electron chi connectivity index (χ0n) is 18.2. The number of rotatable bonds is 6. The molecule has 1 N–H and O–H groups in total. The van der Waals surface area contributed by atoms with Gasteiger partial charge in [-0.2, -0.15) is 0 Å². The summed E-state index contributed by atoms with van der Waals surface area (Å²) < 4.78 is 6.12. The van der Waals surface area contributed by atoms with Crippen molar-refractivity contribution in [2.24, 2.45) is 0 Å². The molecule has 1 unspecified atom stereocenters. The Morgan fingerprint density at radius 1 is 1.06 bits per heavy atom. The summed E-state index contributed by atoms with van der Waals surface area (Å²) in [6.07, 6.45) is 4.20. The Bertz CT molecular complexity index is 1070. The van der Waals surface area contributed by atoms with Crippen molar-refractivity contribution < 1.29 is 14.3 Å². The number of carbonyl (C=O) groups excluding carboxylic acids is 2. The van der Waals surface area contributed by atoms with E-state index in [-0.39, 0.29) is 18.4 Å². The predicted octanol–water partition coefficient (Wildman–Crippen LogP) is 2.88. The lowest BCUT2D eigenvalue weighted by molar-refractivity contribution is -0.165. The molecule has 0 bridgehead atoms. The van der Waals surface area contributed by atoms with Crippen LogP contribution in [0.3, 0.4) is 0 Å². The first-order valence-electron chi connectivity index (χ1n) is 10.8. The van der Waals surface area contributed by atoms with E-state index in [0.717, 1.165) is 22.3 Å². The van der Waals surface area contributed by atoms with Crippen LogP contribution in [0.4, 0.5) is 0 Å². The number of carbonyl (C=O) groups is 2. The van der Waals surface area contributed by atoms with Crippen LogP contribution in [0.15, 0.2) is 79.1 Å². The number of likely N-dealkylation sites (N-methyl/N-ethyl adjacent to an activating group) is 1. The van der Waals surface area contributed by atoms with Gasteiger partial charge in [-0.15, -0.1) is 0 Å². The molecule has 1 saturated heterocycles. The first-order valence-corrected chi connectivity index (χ1v) is 10.8. The number of aromatic nitrogens is 1. The third-order valence-corrected chi connectivity index (χ3v) is 5.84. The molecule has 6 nitrogen and oxygen atoms in total. The van der Waals surface area contributed by atoms with E-state index in [9.17, 15) is 9.59 Å². The van der Waals surface area contributed by atoms with Crippen LogP contribution in [0.2, 0.25) is 0 Å². The first-order chi connectivity index (χ1) is 15.6. The van der Waals surface area contributed by atoms with Gasteiger partial charge in [-0.25, -0.2) is 0 Å². The van der Waals surface area contributed by atoms with E-state index in [1.165, 1.54) is 0 Å². The first kappa shape index (κ1) is 21.7. The number of hydrogen-bond donors (Lipinski definition) is 1. The van der Waals surface area contributed by atoms with Crippen LogP contribution >= 0.6 is 0 Å². The van der Waals surface area contributed by atoms with Crippen LogP contribution in [0.5, 0.6) is 0 Å². The molecule has 3 aromatic rings. The minimum Gasteiger partial charge on any atom is -0.361 e. The molecule has 2 aromatic carbocycles. The number of nitrogens with one attached hydrogen (secondary N) is 1. The summed E-state index contributed by atoms with van der Waals surface area (Å²) in [5.41, 5.74) is 2.75. The monoisotopic (exact) mass is 429 g/mol. The van der Waals surface area contributed by atoms with Crippen molar-refractivity contribution in [2.75, 3.05) is 26.7 Å². The quantitative estimate of drug-likeness (QED) is 0.654. The van der Waals surface area contributed by atoms with Crippen LogP contribution in [0, 0.1) is 0 Å². The third kappa shape index (κ3) is 4.70. The predicted molar refractivity (Wildman–Crippen MR) is 123 cm³/mol. The van der Waals surface area contributed by atoms with Crippen molar-refractivity contribution in [1.29, 1.82) is 0 Å². The van der Waals surface area contributed by atoms with Crippen molar-refractivity contribution in [2.45, 2.75) is 18.4 Å². The van der Waals surface area contributed by atoms with Crippen LogP contribution in [0.1, 0.15) is 11.1 Å². The van der Waals surface area contributed by atoms with E-state index in [4.69, 9.17) is 4.74 Å². The molecule has 2 amide bonds. The number of morpholine rings is 1. The lowest BCUT2D eigenvalue weighted by Gasteiger charge is -2.41. The molecule has 0 spiro atoms. The van der Waals surface area contributed by atoms with Gasteiger partial charge in [0.15, 0.2) is 5.60 Å². The Morgan fingerprint density at radius 2 is 1.84 bits per heavy atom. The van der Waals surface area contributed by atoms with Gasteiger partial charge in [0.25, 0.3) is 5.91 Å². The van der Waals surface area contributed by atoms with E-state index in [0.29, 0.717) is 26.0 Å². The van der Waals surface area contributed by atoms with Crippen molar-refractivity contribution in [3.8, 4) is 11.1 Å². The fourth-order valence-electron chi connectivity index (χ4n) is 4.22. The second-order valence-electron chi connectivity index (χ2n) is 7.98. The molecule has 6 heteroatoms. The van der Waals surface area contributed by atoms with Crippen molar-refractivity contribution in [3.05, 3.63) is 90.3 Å². The third-order valence-electron chi connectivity index (χ3n) is 5.84. The van der Waals surface area contributed by atoms with Gasteiger partial charge in [0.1, 0.15) is 0 Å². The zero-order valence-corrected chi connectivity index (χ0v) is 18.2. The van der Waals surface area contributed by atoms with E-state index in [1.807, 2.05) is 72.9 Å². The Morgan fingerprint density at radius 3 is 2.59 bits per heavy atom. The second kappa shape index (κ2) is 9.75. The smallest absolute Gasteiger partial charge is 0.254 e. The van der Waals surface area contributed by atoms with Gasteiger partial charge >= 0.3 is 0 Å². The van der Waals surface area contributed by atoms with Crippen molar-refractivity contribution >= 4 is 11.8 Å². The van der Waals surface area contributed by atoms with E-state index in [2.05, 4.69) is 10.3 Å². The molecular weight excluding hydrogens is 402 g/mol. The molecule has 0 radical (unpaired) electrons. The maximum absolute atomic E-state index is 13.1. The maximum atomic E-state index is 13.1. The Labute approximate surface area is 188 Å². The fraction of sp³-hybridized carbons (Fsp3) is 0.269. The summed E-state index contributed by atoms with van der Waals surface area (Å²) >= 11 is 0. The number of hydrogen-bond acceptors (Lipinski definition) is 4. The second-order valence-corrected chi connectivity index (χ2v) is 7.98. The van der Waals surface area contributed by atoms with Gasteiger partial charge in [0.05, 0.1) is 19.6 Å². The lowest BCUT2D eigenvalue weighted by Crippen LogP contribution is -2.61. The summed E-state index contributed by atoms with van der Waals surface area (Å²) in [6, 6.07) is 21.5. The molecule has 4 rings (SSSR count). The Hall–Kier alpha value is -3.51. The molecule has 1 aromatic heterocycles. The molecular formula is C26H27N3O3. The Kier molecular flexibility index (Phi) is 6.61. The topological polar surface area (TPSA) is 71.5 Å². The number of pyridine rings is 1. The van der Waals surface area contributed by atoms with Crippen LogP contribution in [-0.2, 0) is 27.2 Å². The van der Waals surface area contributed by atoms with Crippen LogP contribution in [-0.4, -0.2) is 54.0 Å². The number of ether oxygens (including phenoxy) is 1. The highest BCUT2D eigenvalue weighted by Gasteiger charge is 2.45. The normalized spacial score (nSPS) is 18.2. The summed E-state index contributed by atoms with van der Waals surface area (Å²) in [5.74, 6) is -0.232. The highest BCUT2D eigenvalue weighted by Crippen LogP contribution is 2.30. The number of nitrogens with zero attached hydrogens (tertiary/aromatic N) is 2. The fourth-order valence-corrected chi connectivity index (χ4v) is 4.22. The standard InChI is InChI=1S/C26H27N3O3/c1-27-25(31)26(17-21-10-5-6-12-23(21)22-11-7-13-28-18-22)19-29(14-15-32-26)24(30)16-20-8-3-2-4-9-20/h2-13,18H,14-17,19H2,1H3,(H,27,31). The average molecular weight is 430 g/mol. The SMILES string of the molecule is CNC(=O)C1(Cc2ccccc2-c2cccnc2)CN(C(=O)Cc2ccccc2)CCO1. The average Bonchev–Trinajstić information content (AvgIpc) is 2.85. The minimum atomic E-state index is -1.16. The van der Waals surface area contributed by atoms with Crippen LogP contribution in [0.25, 0.3) is 11.1 Å². The summed E-state index contributed by atoms with van der Waals surface area (Å²) in [7, 11) is 1.60. The maximum Gasteiger partial charge on any atom is 0.254 e. The molecule has 1 atom stereocenters. The molecule has 0 aliphatic carbocycles. The van der Waals surface area contributed by atoms with Gasteiger partial charge in [-0.05, 0) is 22.8 Å². The Balaban J connectivity index is 1.61. The molecule has 1 fully saturated rings. The molecule has 1 aliphatic rings. The highest BCUT2D eigenvalue weighted by molar-refractivity contribution is 5.88. The van der Waals surface area contributed by atoms with Crippen molar-refractivity contribution in [3.63, 3.8) is 0 Å². The minimum absolute atomic E-state index is 0.00618. The summed E-state index contributed by atoms with van der Waals surface area (Å²) in [5, 5.41) is 2.75. The molecule has 2 heterocycles. The number of benzene rings is 2. The largest absolute Gasteiger partial charge is 0.361 e. The molecule has 164 valence electrons. The van der Waals surface area contributed by atoms with Gasteiger partial charge in [-0.3, -0.25) is 14.6 Å². The van der Waals surface area contributed by atoms with Gasteiger partial charge in [0.2, 0.25) is 5.91 Å². The summed E-state index contributed by atoms with van der Waals surface area (Å²) in [6.45, 7) is 0.984. The van der Waals surface area contributed by atoms with Gasteiger partial charge in [0, 0.05) is 38.0 Å². The molecule has 32 heavy (non-hydrogen) atoms. The van der Waals surface area contributed by atoms with Gasteiger partial charge < -0.3 is 15.0 Å². The molecule has 1 aliphatic heterocycles. The molecule has 0 saturated carbocycles. The van der Waals surface area contributed by atoms with Crippen LogP contribution < -0.4 is 5.32 Å². The van der Waals surface area contributed by atoms with Gasteiger partial charge in [-0.1, -0.05) is 60.7 Å². The highest BCUT2D eigenvalue weighted by atomic mass is 16.5.